The van der Waals surface area contributed by atoms with Crippen molar-refractivity contribution in [3.63, 3.8) is 0 Å². The smallest absolute Gasteiger partial charge is 0.376 e. The standard InChI is InChI=1S/C15H12Cl2F2O3S/c16-13(17)14(20,11-7-3-1-4-8-11)15(18,19)23(21,22)12-9-5-2-6-10-12/h1-10,13,20H. The first-order chi connectivity index (χ1) is 10.7. The number of halogens is 4. The van der Waals surface area contributed by atoms with Gasteiger partial charge >= 0.3 is 5.25 Å². The number of rotatable bonds is 5. The Kier molecular flexibility index (Phi) is 5.01. The van der Waals surface area contributed by atoms with Crippen molar-refractivity contribution in [3.05, 3.63) is 66.2 Å². The minimum absolute atomic E-state index is 0.403. The Morgan fingerprint density at radius 2 is 1.35 bits per heavy atom. The van der Waals surface area contributed by atoms with E-state index in [1.54, 1.807) is 0 Å². The van der Waals surface area contributed by atoms with Crippen LogP contribution >= 0.6 is 23.2 Å². The van der Waals surface area contributed by atoms with Gasteiger partial charge < -0.3 is 5.11 Å². The van der Waals surface area contributed by atoms with Crippen molar-refractivity contribution in [3.8, 4) is 0 Å². The molecule has 1 unspecified atom stereocenters. The van der Waals surface area contributed by atoms with E-state index >= 15 is 0 Å². The quantitative estimate of drug-likeness (QED) is 0.803. The first-order valence-corrected chi connectivity index (χ1v) is 8.75. The van der Waals surface area contributed by atoms with Crippen LogP contribution in [0.5, 0.6) is 0 Å². The maximum absolute atomic E-state index is 14.9. The largest absolute Gasteiger partial charge is 0.384 e. The molecule has 2 aromatic rings. The molecule has 8 heteroatoms. The molecule has 0 saturated heterocycles. The van der Waals surface area contributed by atoms with Gasteiger partial charge in [-0.1, -0.05) is 48.5 Å². The number of aliphatic hydroxyl groups is 1. The summed E-state index contributed by atoms with van der Waals surface area (Å²) in [5, 5.41) is 5.84. The molecule has 0 spiro atoms. The van der Waals surface area contributed by atoms with Crippen molar-refractivity contribution in [2.24, 2.45) is 0 Å². The highest BCUT2D eigenvalue weighted by Gasteiger charge is 2.66. The van der Waals surface area contributed by atoms with Gasteiger partial charge in [-0.3, -0.25) is 0 Å². The maximum atomic E-state index is 14.9. The summed E-state index contributed by atoms with van der Waals surface area (Å²) in [5.74, 6) is 0. The molecule has 0 aliphatic carbocycles. The summed E-state index contributed by atoms with van der Waals surface area (Å²) in [4.78, 5) is -2.73. The topological polar surface area (TPSA) is 54.4 Å². The zero-order valence-corrected chi connectivity index (χ0v) is 13.9. The average molecular weight is 381 g/mol. The number of alkyl halides is 4. The Bertz CT molecular complexity index is 768. The van der Waals surface area contributed by atoms with Crippen molar-refractivity contribution < 1.29 is 22.3 Å². The molecular formula is C15H12Cl2F2O3S. The first-order valence-electron chi connectivity index (χ1n) is 6.39. The van der Waals surface area contributed by atoms with Crippen LogP contribution in [0.3, 0.4) is 0 Å². The molecule has 0 heterocycles. The van der Waals surface area contributed by atoms with Crippen LogP contribution in [0.2, 0.25) is 0 Å². The van der Waals surface area contributed by atoms with Crippen LogP contribution in [0.4, 0.5) is 8.78 Å². The number of hydrogen-bond donors (Lipinski definition) is 1. The number of hydrogen-bond acceptors (Lipinski definition) is 3. The molecular weight excluding hydrogens is 369 g/mol. The van der Waals surface area contributed by atoms with Crippen LogP contribution in [0, 0.1) is 0 Å². The average Bonchev–Trinajstić information content (AvgIpc) is 2.55. The zero-order valence-electron chi connectivity index (χ0n) is 11.5. The molecule has 1 N–H and O–H groups in total. The second-order valence-electron chi connectivity index (χ2n) is 4.77. The molecule has 3 nitrogen and oxygen atoms in total. The van der Waals surface area contributed by atoms with Crippen LogP contribution in [0.1, 0.15) is 5.56 Å². The van der Waals surface area contributed by atoms with E-state index in [9.17, 15) is 22.3 Å². The summed E-state index contributed by atoms with van der Waals surface area (Å²) in [5.41, 5.74) is -3.72. The summed E-state index contributed by atoms with van der Waals surface area (Å²) in [7, 11) is -5.24. The molecule has 0 aromatic heterocycles. The maximum Gasteiger partial charge on any atom is 0.384 e. The second kappa shape index (κ2) is 6.36. The first kappa shape index (κ1) is 18.1. The van der Waals surface area contributed by atoms with Crippen LogP contribution in [0.25, 0.3) is 0 Å². The van der Waals surface area contributed by atoms with Gasteiger partial charge in [0, 0.05) is 0 Å². The monoisotopic (exact) mass is 380 g/mol. The van der Waals surface area contributed by atoms with E-state index in [0.29, 0.717) is 0 Å². The van der Waals surface area contributed by atoms with Gasteiger partial charge in [-0.2, -0.15) is 8.78 Å². The predicted octanol–water partition coefficient (Wildman–Crippen LogP) is 3.74. The van der Waals surface area contributed by atoms with E-state index in [-0.39, 0.29) is 0 Å². The van der Waals surface area contributed by atoms with Crippen LogP contribution < -0.4 is 0 Å². The Hall–Kier alpha value is -1.21. The molecule has 0 amide bonds. The lowest BCUT2D eigenvalue weighted by atomic mass is 9.96. The fourth-order valence-electron chi connectivity index (χ4n) is 2.07. The molecule has 0 saturated carbocycles. The van der Waals surface area contributed by atoms with E-state index < -0.39 is 36.0 Å². The lowest BCUT2D eigenvalue weighted by molar-refractivity contribution is -0.123. The van der Waals surface area contributed by atoms with Crippen LogP contribution in [0.15, 0.2) is 65.6 Å². The normalized spacial score (nSPS) is 15.4. The summed E-state index contributed by atoms with van der Waals surface area (Å²) in [6.07, 6.45) is 0. The Balaban J connectivity index is 2.68. The third-order valence-electron chi connectivity index (χ3n) is 3.36. The molecule has 23 heavy (non-hydrogen) atoms. The molecule has 0 fully saturated rings. The molecule has 0 radical (unpaired) electrons. The third-order valence-corrected chi connectivity index (χ3v) is 5.88. The molecule has 124 valence electrons. The summed E-state index contributed by atoms with van der Waals surface area (Å²) >= 11 is 11.1. The SMILES string of the molecule is O=S(=O)(c1ccccc1)C(F)(F)C(O)(c1ccccc1)C(Cl)Cl. The van der Waals surface area contributed by atoms with E-state index in [2.05, 4.69) is 0 Å². The highest BCUT2D eigenvalue weighted by molar-refractivity contribution is 7.92. The van der Waals surface area contributed by atoms with Crippen LogP contribution in [-0.2, 0) is 15.4 Å². The summed E-state index contributed by atoms with van der Waals surface area (Å²) in [6.45, 7) is 0. The van der Waals surface area contributed by atoms with Gasteiger partial charge in [0.2, 0.25) is 9.84 Å². The highest BCUT2D eigenvalue weighted by atomic mass is 35.5. The third kappa shape index (κ3) is 2.85. The molecule has 1 atom stereocenters. The Labute approximate surface area is 142 Å². The molecule has 0 aliphatic heterocycles. The van der Waals surface area contributed by atoms with E-state index in [1.165, 1.54) is 36.4 Å². The van der Waals surface area contributed by atoms with E-state index in [0.717, 1.165) is 24.3 Å². The van der Waals surface area contributed by atoms with Gasteiger partial charge in [-0.25, -0.2) is 8.42 Å². The second-order valence-corrected chi connectivity index (χ2v) is 7.85. The van der Waals surface area contributed by atoms with Gasteiger partial charge in [0.1, 0.15) is 4.84 Å². The van der Waals surface area contributed by atoms with E-state index in [4.69, 9.17) is 23.2 Å². The fraction of sp³-hybridized carbons (Fsp3) is 0.200. The minimum Gasteiger partial charge on any atom is -0.376 e. The Morgan fingerprint density at radius 3 is 1.78 bits per heavy atom. The Morgan fingerprint density at radius 1 is 0.913 bits per heavy atom. The van der Waals surface area contributed by atoms with Gasteiger partial charge in [-0.05, 0) is 17.7 Å². The van der Waals surface area contributed by atoms with Crippen molar-refractivity contribution >= 4 is 33.0 Å². The number of sulfone groups is 1. The van der Waals surface area contributed by atoms with Gasteiger partial charge in [-0.15, -0.1) is 23.2 Å². The lowest BCUT2D eigenvalue weighted by Gasteiger charge is -2.36. The zero-order chi connectivity index (χ0) is 17.3. The molecule has 0 aliphatic rings. The molecule has 2 rings (SSSR count). The highest BCUT2D eigenvalue weighted by Crippen LogP contribution is 2.49. The minimum atomic E-state index is -5.24. The number of benzene rings is 2. The van der Waals surface area contributed by atoms with Gasteiger partial charge in [0.15, 0.2) is 5.60 Å². The summed E-state index contributed by atoms with van der Waals surface area (Å²) < 4.78 is 54.4. The molecule has 0 bridgehead atoms. The predicted molar refractivity (Wildman–Crippen MR) is 84.4 cm³/mol. The van der Waals surface area contributed by atoms with E-state index in [1.807, 2.05) is 0 Å². The molecule has 2 aromatic carbocycles. The van der Waals surface area contributed by atoms with Crippen LogP contribution in [-0.4, -0.2) is 23.6 Å². The van der Waals surface area contributed by atoms with Gasteiger partial charge in [0.25, 0.3) is 0 Å². The lowest BCUT2D eigenvalue weighted by Crippen LogP contribution is -2.54. The van der Waals surface area contributed by atoms with Crippen molar-refractivity contribution in [1.29, 1.82) is 0 Å². The van der Waals surface area contributed by atoms with Gasteiger partial charge in [0.05, 0.1) is 4.90 Å². The summed E-state index contributed by atoms with van der Waals surface area (Å²) in [6, 6.07) is 12.6. The van der Waals surface area contributed by atoms with Crippen molar-refractivity contribution in [2.45, 2.75) is 20.6 Å². The fourth-order valence-corrected chi connectivity index (χ4v) is 4.18. The van der Waals surface area contributed by atoms with Crippen molar-refractivity contribution in [2.75, 3.05) is 0 Å². The van der Waals surface area contributed by atoms with Crippen molar-refractivity contribution in [1.82, 2.24) is 0 Å².